The van der Waals surface area contributed by atoms with Crippen molar-refractivity contribution in [3.8, 4) is 11.1 Å². The van der Waals surface area contributed by atoms with Crippen molar-refractivity contribution in [1.29, 1.82) is 5.53 Å². The van der Waals surface area contributed by atoms with Crippen molar-refractivity contribution in [3.05, 3.63) is 65.2 Å². The molecule has 1 aromatic heterocycles. The summed E-state index contributed by atoms with van der Waals surface area (Å²) in [6.45, 7) is 1.42. The Kier molecular flexibility index (Phi) is 5.92. The normalized spacial score (nSPS) is 13.3. The smallest absolute Gasteiger partial charge is 0.271 e. The summed E-state index contributed by atoms with van der Waals surface area (Å²) in [7, 11) is 1.82. The molecule has 4 N–H and O–H groups in total. The number of hydrogen-bond acceptors (Lipinski definition) is 4. The van der Waals surface area contributed by atoms with Crippen LogP contribution in [0.2, 0.25) is 5.02 Å². The number of aryl methyl sites for hydroxylation is 1. The van der Waals surface area contributed by atoms with E-state index in [-0.39, 0.29) is 5.91 Å². The molecule has 0 aliphatic heterocycles. The maximum atomic E-state index is 12.1. The van der Waals surface area contributed by atoms with Crippen LogP contribution in [-0.4, -0.2) is 22.0 Å². The Morgan fingerprint density at radius 3 is 2.70 bits per heavy atom. The molecule has 0 unspecified atom stereocenters. The van der Waals surface area contributed by atoms with E-state index in [1.165, 1.54) is 12.8 Å². The molecular formula is C22H24ClN6O+. The lowest BCUT2D eigenvalue weighted by molar-refractivity contribution is -0.574. The Morgan fingerprint density at radius 1 is 1.30 bits per heavy atom. The zero-order chi connectivity index (χ0) is 21.1. The number of imidazole rings is 1. The summed E-state index contributed by atoms with van der Waals surface area (Å²) < 4.78 is 1.74. The third kappa shape index (κ3) is 4.58. The van der Waals surface area contributed by atoms with Crippen molar-refractivity contribution in [2.45, 2.75) is 19.4 Å². The monoisotopic (exact) mass is 423 g/mol. The van der Waals surface area contributed by atoms with Gasteiger partial charge in [0.25, 0.3) is 5.91 Å². The molecule has 0 radical (unpaired) electrons. The van der Waals surface area contributed by atoms with E-state index in [4.69, 9.17) is 17.1 Å². The maximum Gasteiger partial charge on any atom is 0.271 e. The second kappa shape index (κ2) is 8.77. The first-order valence-corrected chi connectivity index (χ1v) is 10.3. The van der Waals surface area contributed by atoms with Crippen LogP contribution in [0.15, 0.2) is 54.0 Å². The number of carbonyl (C=O) groups is 1. The minimum absolute atomic E-state index is 0.206. The molecule has 8 heteroatoms. The molecule has 2 aromatic carbocycles. The number of nitrogens with zero attached hydrogens (tertiary/aromatic N) is 3. The van der Waals surface area contributed by atoms with Crippen LogP contribution < -0.4 is 10.6 Å². The molecule has 1 heterocycles. The van der Waals surface area contributed by atoms with Crippen LogP contribution in [0.1, 0.15) is 28.9 Å². The molecule has 1 amide bonds. The molecule has 30 heavy (non-hydrogen) atoms. The Hall–Kier alpha value is -3.03. The fourth-order valence-electron chi connectivity index (χ4n) is 3.33. The van der Waals surface area contributed by atoms with Crippen LogP contribution in [-0.2, 0) is 13.6 Å². The van der Waals surface area contributed by atoms with Crippen molar-refractivity contribution < 1.29 is 10.1 Å². The molecule has 0 saturated heterocycles. The number of aromatic nitrogens is 2. The van der Waals surface area contributed by atoms with Gasteiger partial charge in [0, 0.05) is 37.3 Å². The van der Waals surface area contributed by atoms with Crippen molar-refractivity contribution >= 4 is 28.9 Å². The van der Waals surface area contributed by atoms with Crippen molar-refractivity contribution in [3.63, 3.8) is 0 Å². The van der Waals surface area contributed by atoms with Crippen LogP contribution >= 0.6 is 11.6 Å². The summed E-state index contributed by atoms with van der Waals surface area (Å²) in [5.74, 6) is 0.565. The van der Waals surface area contributed by atoms with E-state index < -0.39 is 0 Å². The second-order valence-corrected chi connectivity index (χ2v) is 8.04. The highest BCUT2D eigenvalue weighted by Gasteiger charge is 2.24. The number of carbonyl (C=O) groups excluding carboxylic acids is 1. The van der Waals surface area contributed by atoms with Gasteiger partial charge in [0.1, 0.15) is 5.69 Å². The van der Waals surface area contributed by atoms with E-state index in [9.17, 15) is 4.79 Å². The Labute approximate surface area is 180 Å². The van der Waals surface area contributed by atoms with Crippen LogP contribution in [0.5, 0.6) is 0 Å². The van der Waals surface area contributed by atoms with Gasteiger partial charge in [-0.25, -0.2) is 10.5 Å². The van der Waals surface area contributed by atoms with Crippen molar-refractivity contribution in [2.24, 2.45) is 18.1 Å². The fraction of sp³-hybridized carbons (Fsp3) is 0.273. The predicted molar refractivity (Wildman–Crippen MR) is 115 cm³/mol. The minimum atomic E-state index is -0.206. The topological polar surface area (TPSA) is 99.7 Å². The second-order valence-electron chi connectivity index (χ2n) is 7.66. The molecule has 154 valence electrons. The first-order chi connectivity index (χ1) is 14.5. The number of hydrogen-bond donors (Lipinski definition) is 3. The molecule has 4 rings (SSSR count). The van der Waals surface area contributed by atoms with Gasteiger partial charge < -0.3 is 15.2 Å². The van der Waals surface area contributed by atoms with Crippen LogP contribution in [0, 0.1) is 11.4 Å². The molecule has 1 saturated carbocycles. The lowest BCUT2D eigenvalue weighted by Crippen LogP contribution is -2.78. The van der Waals surface area contributed by atoms with E-state index in [1.807, 2.05) is 43.4 Å². The van der Waals surface area contributed by atoms with Crippen molar-refractivity contribution in [1.82, 2.24) is 14.9 Å². The van der Waals surface area contributed by atoms with Gasteiger partial charge in [0.05, 0.1) is 17.9 Å². The van der Waals surface area contributed by atoms with E-state index in [1.54, 1.807) is 17.1 Å². The highest BCUT2D eigenvalue weighted by atomic mass is 35.5. The summed E-state index contributed by atoms with van der Waals surface area (Å²) in [5.41, 5.74) is 12.1. The van der Waals surface area contributed by atoms with Gasteiger partial charge in [-0.2, -0.15) is 5.11 Å². The van der Waals surface area contributed by atoms with Gasteiger partial charge in [-0.15, -0.1) is 0 Å². The summed E-state index contributed by atoms with van der Waals surface area (Å²) in [6, 6.07) is 11.8. The quantitative estimate of drug-likeness (QED) is 0.377. The standard InChI is InChI=1S/C22H23ClN6O/c1-29-12-19(27-13-29)22(30)26-11-15-4-6-16(7-5-15)17-8-9-18(21(28-24)20(17)23)25-10-14-2-3-14/h4-9,12-14,24-25H,2-3,10-11H2,1H3,(H,26,30)/p+1. The van der Waals surface area contributed by atoms with Crippen LogP contribution in [0.4, 0.5) is 11.4 Å². The molecule has 3 aromatic rings. The molecule has 0 atom stereocenters. The van der Waals surface area contributed by atoms with E-state index in [0.29, 0.717) is 22.9 Å². The Morgan fingerprint density at radius 2 is 2.07 bits per heavy atom. The van der Waals surface area contributed by atoms with Gasteiger partial charge in [-0.1, -0.05) is 35.9 Å². The van der Waals surface area contributed by atoms with Gasteiger partial charge in [0.2, 0.25) is 0 Å². The average molecular weight is 424 g/mol. The van der Waals surface area contributed by atoms with Gasteiger partial charge >= 0.3 is 0 Å². The molecule has 0 spiro atoms. The summed E-state index contributed by atoms with van der Waals surface area (Å²) in [6.07, 6.45) is 5.84. The highest BCUT2D eigenvalue weighted by molar-refractivity contribution is 6.36. The van der Waals surface area contributed by atoms with E-state index >= 15 is 0 Å². The van der Waals surface area contributed by atoms with E-state index in [0.717, 1.165) is 34.8 Å². The maximum absolute atomic E-state index is 12.1. The molecular weight excluding hydrogens is 400 g/mol. The Bertz CT molecular complexity index is 1070. The lowest BCUT2D eigenvalue weighted by Gasteiger charge is -2.11. The minimum Gasteiger partial charge on any atom is -0.347 e. The zero-order valence-corrected chi connectivity index (χ0v) is 17.5. The number of rotatable bonds is 8. The summed E-state index contributed by atoms with van der Waals surface area (Å²) >= 11 is 6.59. The summed E-state index contributed by atoms with van der Waals surface area (Å²) in [4.78, 5) is 16.2. The highest BCUT2D eigenvalue weighted by Crippen LogP contribution is 2.39. The largest absolute Gasteiger partial charge is 0.347 e. The number of halogens is 1. The predicted octanol–water partition coefficient (Wildman–Crippen LogP) is 3.94. The number of amides is 1. The summed E-state index contributed by atoms with van der Waals surface area (Å²) in [5, 5.41) is 9.18. The van der Waals surface area contributed by atoms with E-state index in [2.05, 4.69) is 20.7 Å². The van der Waals surface area contributed by atoms with Gasteiger partial charge in [-0.3, -0.25) is 4.79 Å². The first kappa shape index (κ1) is 20.3. The number of nitrogens with two attached hydrogens (primary N) is 1. The molecule has 1 aliphatic rings. The number of benzene rings is 2. The van der Waals surface area contributed by atoms with Crippen LogP contribution in [0.3, 0.4) is 0 Å². The molecule has 1 fully saturated rings. The van der Waals surface area contributed by atoms with Crippen molar-refractivity contribution in [2.75, 3.05) is 6.54 Å². The third-order valence-corrected chi connectivity index (χ3v) is 5.67. The third-order valence-electron chi connectivity index (χ3n) is 5.28. The average Bonchev–Trinajstić information content (AvgIpc) is 3.49. The zero-order valence-electron chi connectivity index (χ0n) is 16.7. The molecule has 1 aliphatic carbocycles. The van der Waals surface area contributed by atoms with Gasteiger partial charge in [-0.05, 0) is 30.0 Å². The first-order valence-electron chi connectivity index (χ1n) is 9.94. The SMILES string of the molecule is Cn1cnc(C(=O)NCc2ccc(-c3ccc([NH2+]CC4CC4)c(N=N)c3Cl)cc2)c1. The van der Waals surface area contributed by atoms with Crippen LogP contribution in [0.25, 0.3) is 11.1 Å². The number of quaternary nitrogens is 1. The van der Waals surface area contributed by atoms with Gasteiger partial charge in [0.15, 0.2) is 11.4 Å². The Balaban J connectivity index is 1.45. The molecule has 7 nitrogen and oxygen atoms in total. The fourth-order valence-corrected chi connectivity index (χ4v) is 3.66. The number of nitrogens with one attached hydrogen (secondary N) is 2. The molecule has 0 bridgehead atoms. The lowest BCUT2D eigenvalue weighted by atomic mass is 10.0.